The summed E-state index contributed by atoms with van der Waals surface area (Å²) in [5, 5.41) is 3.11. The van der Waals surface area contributed by atoms with Crippen molar-refractivity contribution < 1.29 is 19.0 Å². The van der Waals surface area contributed by atoms with Gasteiger partial charge in [0.15, 0.2) is 16.7 Å². The first-order valence-electron chi connectivity index (χ1n) is 10.5. The van der Waals surface area contributed by atoms with E-state index in [0.717, 1.165) is 11.3 Å². The number of hydrogen-bond donors (Lipinski definition) is 0. The molecule has 33 heavy (non-hydrogen) atoms. The number of amides is 1. The van der Waals surface area contributed by atoms with Gasteiger partial charge in [0.05, 0.1) is 26.4 Å². The third-order valence-corrected chi connectivity index (χ3v) is 7.13. The van der Waals surface area contributed by atoms with Gasteiger partial charge in [-0.25, -0.2) is 9.98 Å². The van der Waals surface area contributed by atoms with Crippen LogP contribution in [0.25, 0.3) is 10.6 Å². The predicted octanol–water partition coefficient (Wildman–Crippen LogP) is 5.49. The van der Waals surface area contributed by atoms with E-state index < -0.39 is 0 Å². The van der Waals surface area contributed by atoms with Gasteiger partial charge in [-0.3, -0.25) is 9.69 Å². The molecule has 1 unspecified atom stereocenters. The first kappa shape index (κ1) is 23.1. The largest absolute Gasteiger partial charge is 0.493 e. The molecule has 1 fully saturated rings. The number of aliphatic imine (C=N–C) groups is 1. The van der Waals surface area contributed by atoms with Crippen LogP contribution in [-0.2, 0) is 0 Å². The van der Waals surface area contributed by atoms with Gasteiger partial charge >= 0.3 is 0 Å². The summed E-state index contributed by atoms with van der Waals surface area (Å²) < 4.78 is 16.6. The van der Waals surface area contributed by atoms with E-state index >= 15 is 0 Å². The number of nitrogens with zero attached hydrogens (tertiary/aromatic N) is 3. The van der Waals surface area contributed by atoms with Crippen molar-refractivity contribution in [2.75, 3.05) is 26.6 Å². The Balaban J connectivity index is 1.65. The molecule has 1 amide bonds. The zero-order chi connectivity index (χ0) is 23.4. The molecule has 1 aromatic heterocycles. The molecule has 2 heterocycles. The van der Waals surface area contributed by atoms with Gasteiger partial charge in [-0.15, -0.1) is 11.3 Å². The normalized spacial score (nSPS) is 16.8. The molecule has 0 N–H and O–H groups in total. The maximum Gasteiger partial charge on any atom is 0.279 e. The number of rotatable bonds is 7. The Kier molecular flexibility index (Phi) is 7.20. The van der Waals surface area contributed by atoms with Crippen LogP contribution in [-0.4, -0.2) is 53.6 Å². The Labute approximate surface area is 201 Å². The zero-order valence-corrected chi connectivity index (χ0v) is 20.5. The molecule has 1 aliphatic heterocycles. The van der Waals surface area contributed by atoms with Crippen molar-refractivity contribution in [1.29, 1.82) is 0 Å². The van der Waals surface area contributed by atoms with Crippen LogP contribution in [0.15, 0.2) is 52.8 Å². The lowest BCUT2D eigenvalue weighted by Crippen LogP contribution is -2.37. The van der Waals surface area contributed by atoms with Crippen LogP contribution in [0.1, 0.15) is 24.3 Å². The van der Waals surface area contributed by atoms with Crippen molar-refractivity contribution in [3.8, 4) is 27.8 Å². The Morgan fingerprint density at radius 2 is 1.94 bits per heavy atom. The van der Waals surface area contributed by atoms with E-state index in [1.165, 1.54) is 11.3 Å². The summed E-state index contributed by atoms with van der Waals surface area (Å²) in [4.78, 5) is 24.6. The fourth-order valence-electron chi connectivity index (χ4n) is 3.51. The number of thioether (sulfide) groups is 1. The molecule has 1 saturated heterocycles. The topological polar surface area (TPSA) is 73.2 Å². The maximum absolute atomic E-state index is 13.5. The molecular formula is C24H25N3O4S2. The van der Waals surface area contributed by atoms with Crippen molar-refractivity contribution in [3.63, 3.8) is 0 Å². The summed E-state index contributed by atoms with van der Waals surface area (Å²) in [7, 11) is 3.18. The number of carbonyl (C=O) groups excluding carboxylic acids is 1. The minimum atomic E-state index is -0.176. The molecule has 3 aromatic rings. The summed E-state index contributed by atoms with van der Waals surface area (Å²) in [5.74, 6) is 2.49. The van der Waals surface area contributed by atoms with Crippen LogP contribution >= 0.6 is 23.1 Å². The van der Waals surface area contributed by atoms with E-state index in [2.05, 4.69) is 4.98 Å². The number of ether oxygens (including phenoxy) is 3. The number of thiazole rings is 1. The summed E-state index contributed by atoms with van der Waals surface area (Å²) in [5.41, 5.74) is 1.86. The summed E-state index contributed by atoms with van der Waals surface area (Å²) in [6, 6.07) is 13.2. The van der Waals surface area contributed by atoms with Gasteiger partial charge in [0.1, 0.15) is 22.1 Å². The van der Waals surface area contributed by atoms with E-state index in [1.54, 1.807) is 36.3 Å². The van der Waals surface area contributed by atoms with Crippen LogP contribution in [0.5, 0.6) is 17.2 Å². The molecule has 0 radical (unpaired) electrons. The van der Waals surface area contributed by atoms with Crippen molar-refractivity contribution in [3.05, 3.63) is 53.5 Å². The average molecular weight is 484 g/mol. The number of para-hydroxylation sites is 3. The lowest BCUT2D eigenvalue weighted by atomic mass is 10.2. The average Bonchev–Trinajstić information content (AvgIpc) is 3.46. The number of amidine groups is 1. The number of hydrogen-bond acceptors (Lipinski definition) is 8. The second kappa shape index (κ2) is 10.3. The Morgan fingerprint density at radius 3 is 2.70 bits per heavy atom. The minimum Gasteiger partial charge on any atom is -0.493 e. The Bertz CT molecular complexity index is 1180. The van der Waals surface area contributed by atoms with Gasteiger partial charge in [0, 0.05) is 17.2 Å². The first-order chi connectivity index (χ1) is 16.1. The fraction of sp³-hybridized carbons (Fsp3) is 0.292. The molecule has 0 aliphatic carbocycles. The van der Waals surface area contributed by atoms with E-state index in [-0.39, 0.29) is 11.9 Å². The zero-order valence-electron chi connectivity index (χ0n) is 18.9. The maximum atomic E-state index is 13.5. The molecule has 1 aliphatic rings. The van der Waals surface area contributed by atoms with Crippen molar-refractivity contribution in [2.24, 2.45) is 4.99 Å². The molecule has 172 valence electrons. The quantitative estimate of drug-likeness (QED) is 0.442. The molecule has 4 rings (SSSR count). The highest BCUT2D eigenvalue weighted by atomic mass is 32.2. The highest BCUT2D eigenvalue weighted by Gasteiger charge is 2.34. The lowest BCUT2D eigenvalue weighted by Gasteiger charge is -2.20. The molecule has 0 saturated carbocycles. The van der Waals surface area contributed by atoms with Gasteiger partial charge in [-0.1, -0.05) is 30.0 Å². The summed E-state index contributed by atoms with van der Waals surface area (Å²) in [6.45, 7) is 4.49. The van der Waals surface area contributed by atoms with Crippen LogP contribution in [0.2, 0.25) is 0 Å². The van der Waals surface area contributed by atoms with Gasteiger partial charge in [0.2, 0.25) is 0 Å². The summed E-state index contributed by atoms with van der Waals surface area (Å²) in [6.07, 6.45) is 0. The van der Waals surface area contributed by atoms with Crippen LogP contribution < -0.4 is 14.2 Å². The standard InChI is InChI=1S/C24H25N3O4S2/c1-5-31-19-11-7-6-10-17(19)26-24-27(15(2)13-33-24)23(28)18-14-32-22(25-18)16-9-8-12-20(29-3)21(16)30-4/h6-12,14-15H,5,13H2,1-4H3. The van der Waals surface area contributed by atoms with E-state index in [0.29, 0.717) is 45.4 Å². The number of methoxy groups -OCH3 is 2. The second-order valence-corrected chi connectivity index (χ2v) is 9.05. The molecule has 7 nitrogen and oxygen atoms in total. The summed E-state index contributed by atoms with van der Waals surface area (Å²) >= 11 is 2.95. The smallest absolute Gasteiger partial charge is 0.279 e. The van der Waals surface area contributed by atoms with Crippen molar-refractivity contribution in [1.82, 2.24) is 9.88 Å². The van der Waals surface area contributed by atoms with Gasteiger partial charge in [-0.05, 0) is 38.1 Å². The van der Waals surface area contributed by atoms with Gasteiger partial charge < -0.3 is 14.2 Å². The molecule has 0 bridgehead atoms. The fourth-order valence-corrected chi connectivity index (χ4v) is 5.43. The Hall–Kier alpha value is -3.04. The highest BCUT2D eigenvalue weighted by molar-refractivity contribution is 8.14. The third kappa shape index (κ3) is 4.69. The van der Waals surface area contributed by atoms with Crippen molar-refractivity contribution >= 4 is 39.9 Å². The SMILES string of the molecule is CCOc1ccccc1N=C1SCC(C)N1C(=O)c1csc(-c2cccc(OC)c2OC)n1. The van der Waals surface area contributed by atoms with E-state index in [1.807, 2.05) is 56.3 Å². The van der Waals surface area contributed by atoms with Gasteiger partial charge in [0.25, 0.3) is 5.91 Å². The first-order valence-corrected chi connectivity index (χ1v) is 12.4. The van der Waals surface area contributed by atoms with Gasteiger partial charge in [-0.2, -0.15) is 0 Å². The van der Waals surface area contributed by atoms with Crippen LogP contribution in [0.3, 0.4) is 0 Å². The highest BCUT2D eigenvalue weighted by Crippen LogP contribution is 2.39. The Morgan fingerprint density at radius 1 is 1.15 bits per heavy atom. The third-order valence-electron chi connectivity index (χ3n) is 5.06. The monoisotopic (exact) mass is 483 g/mol. The van der Waals surface area contributed by atoms with Crippen LogP contribution in [0, 0.1) is 0 Å². The molecular weight excluding hydrogens is 458 g/mol. The number of aromatic nitrogens is 1. The van der Waals surface area contributed by atoms with E-state index in [9.17, 15) is 4.79 Å². The predicted molar refractivity (Wildman–Crippen MR) is 133 cm³/mol. The second-order valence-electron chi connectivity index (χ2n) is 7.21. The van der Waals surface area contributed by atoms with Crippen LogP contribution in [0.4, 0.5) is 5.69 Å². The lowest BCUT2D eigenvalue weighted by molar-refractivity contribution is 0.0824. The number of benzene rings is 2. The minimum absolute atomic E-state index is 0.00277. The van der Waals surface area contributed by atoms with E-state index in [4.69, 9.17) is 19.2 Å². The molecule has 9 heteroatoms. The number of carbonyl (C=O) groups is 1. The molecule has 2 aromatic carbocycles. The molecule has 0 spiro atoms. The molecule has 1 atom stereocenters. The van der Waals surface area contributed by atoms with Crippen molar-refractivity contribution in [2.45, 2.75) is 19.9 Å².